The van der Waals surface area contributed by atoms with E-state index < -0.39 is 12.1 Å². The minimum atomic E-state index is -0.460. The minimum Gasteiger partial charge on any atom is -0.391 e. The van der Waals surface area contributed by atoms with Crippen LogP contribution in [0.5, 0.6) is 0 Å². The van der Waals surface area contributed by atoms with Crippen molar-refractivity contribution in [1.29, 1.82) is 0 Å². The molecule has 2 atom stereocenters. The van der Waals surface area contributed by atoms with Crippen LogP contribution in [-0.2, 0) is 4.79 Å². The van der Waals surface area contributed by atoms with Crippen molar-refractivity contribution < 1.29 is 9.90 Å². The summed E-state index contributed by atoms with van der Waals surface area (Å²) in [5.41, 5.74) is 5.45. The molecule has 0 saturated heterocycles. The lowest BCUT2D eigenvalue weighted by Crippen LogP contribution is -2.42. The summed E-state index contributed by atoms with van der Waals surface area (Å²) in [5, 5.41) is 11.7. The highest BCUT2D eigenvalue weighted by Gasteiger charge is 2.11. The topological polar surface area (TPSA) is 75.3 Å². The van der Waals surface area contributed by atoms with Crippen LogP contribution in [0.1, 0.15) is 26.7 Å². The molecule has 0 bridgehead atoms. The number of carbonyl (C=O) groups is 1. The number of hydrogen-bond acceptors (Lipinski definition) is 3. The highest BCUT2D eigenvalue weighted by molar-refractivity contribution is 5.81. The van der Waals surface area contributed by atoms with Gasteiger partial charge in [-0.25, -0.2) is 0 Å². The van der Waals surface area contributed by atoms with Gasteiger partial charge in [-0.2, -0.15) is 0 Å². The molecule has 4 N–H and O–H groups in total. The zero-order valence-electron chi connectivity index (χ0n) is 7.71. The SMILES string of the molecule is CCC(O)CNC(=O)C(N)CC. The van der Waals surface area contributed by atoms with Gasteiger partial charge in [0, 0.05) is 6.54 Å². The Balaban J connectivity index is 3.56. The lowest BCUT2D eigenvalue weighted by atomic mass is 10.2. The first-order valence-corrected chi connectivity index (χ1v) is 4.33. The van der Waals surface area contributed by atoms with Crippen LogP contribution < -0.4 is 11.1 Å². The summed E-state index contributed by atoms with van der Waals surface area (Å²) in [6.07, 6.45) is 0.799. The van der Waals surface area contributed by atoms with Crippen molar-refractivity contribution in [1.82, 2.24) is 5.32 Å². The molecule has 0 saturated carbocycles. The molecule has 0 aromatic rings. The number of amides is 1. The first-order chi connectivity index (χ1) is 5.61. The molecular formula is C8H18N2O2. The van der Waals surface area contributed by atoms with E-state index in [9.17, 15) is 4.79 Å². The maximum absolute atomic E-state index is 11.0. The molecule has 2 unspecified atom stereocenters. The van der Waals surface area contributed by atoms with Crippen molar-refractivity contribution in [3.05, 3.63) is 0 Å². The second-order valence-corrected chi connectivity index (χ2v) is 2.82. The number of rotatable bonds is 5. The summed E-state index contributed by atoms with van der Waals surface area (Å²) in [5.74, 6) is -0.190. The Hall–Kier alpha value is -0.610. The number of hydrogen-bond donors (Lipinski definition) is 3. The molecule has 0 aliphatic carbocycles. The van der Waals surface area contributed by atoms with Crippen molar-refractivity contribution in [2.45, 2.75) is 38.8 Å². The fraction of sp³-hybridized carbons (Fsp3) is 0.875. The fourth-order valence-corrected chi connectivity index (χ4v) is 0.679. The predicted octanol–water partition coefficient (Wildman–Crippen LogP) is -0.389. The fourth-order valence-electron chi connectivity index (χ4n) is 0.679. The molecule has 4 nitrogen and oxygen atoms in total. The van der Waals surface area contributed by atoms with Crippen molar-refractivity contribution in [2.75, 3.05) is 6.54 Å². The van der Waals surface area contributed by atoms with Gasteiger partial charge in [0.05, 0.1) is 12.1 Å². The second-order valence-electron chi connectivity index (χ2n) is 2.82. The molecule has 72 valence electrons. The van der Waals surface area contributed by atoms with Crippen LogP contribution >= 0.6 is 0 Å². The van der Waals surface area contributed by atoms with Crippen molar-refractivity contribution in [3.8, 4) is 0 Å². The molecule has 0 heterocycles. The Kier molecular flexibility index (Phi) is 5.66. The summed E-state index contributed by atoms with van der Waals surface area (Å²) < 4.78 is 0. The van der Waals surface area contributed by atoms with E-state index in [1.807, 2.05) is 13.8 Å². The number of nitrogens with two attached hydrogens (primary N) is 1. The van der Waals surface area contributed by atoms with E-state index in [1.54, 1.807) is 0 Å². The molecule has 0 aliphatic rings. The Morgan fingerprint density at radius 2 is 2.08 bits per heavy atom. The molecule has 0 aliphatic heterocycles. The van der Waals surface area contributed by atoms with Crippen LogP contribution in [0, 0.1) is 0 Å². The van der Waals surface area contributed by atoms with Crippen LogP contribution in [0.4, 0.5) is 0 Å². The molecule has 0 aromatic heterocycles. The van der Waals surface area contributed by atoms with Crippen LogP contribution in [0.15, 0.2) is 0 Å². The van der Waals surface area contributed by atoms with Gasteiger partial charge in [-0.15, -0.1) is 0 Å². The summed E-state index contributed by atoms with van der Waals surface area (Å²) in [7, 11) is 0. The van der Waals surface area contributed by atoms with Gasteiger partial charge in [0.1, 0.15) is 0 Å². The van der Waals surface area contributed by atoms with Gasteiger partial charge in [-0.05, 0) is 12.8 Å². The van der Waals surface area contributed by atoms with E-state index in [1.165, 1.54) is 0 Å². The molecular weight excluding hydrogens is 156 g/mol. The maximum Gasteiger partial charge on any atom is 0.236 e. The largest absolute Gasteiger partial charge is 0.391 e. The lowest BCUT2D eigenvalue weighted by molar-refractivity contribution is -0.122. The third kappa shape index (κ3) is 4.31. The molecule has 0 aromatic carbocycles. The summed E-state index contributed by atoms with van der Waals surface area (Å²) in [6, 6.07) is -0.450. The van der Waals surface area contributed by atoms with Crippen molar-refractivity contribution >= 4 is 5.91 Å². The minimum absolute atomic E-state index is 0.190. The van der Waals surface area contributed by atoms with E-state index >= 15 is 0 Å². The zero-order valence-corrected chi connectivity index (χ0v) is 7.71. The standard InChI is InChI=1S/C8H18N2O2/c1-3-6(11)5-10-8(12)7(9)4-2/h6-7,11H,3-5,9H2,1-2H3,(H,10,12). The van der Waals surface area contributed by atoms with Crippen LogP contribution in [0.3, 0.4) is 0 Å². The maximum atomic E-state index is 11.0. The number of aliphatic hydroxyl groups excluding tert-OH is 1. The van der Waals surface area contributed by atoms with Gasteiger partial charge >= 0.3 is 0 Å². The van der Waals surface area contributed by atoms with Crippen molar-refractivity contribution in [2.24, 2.45) is 5.73 Å². The number of aliphatic hydroxyl groups is 1. The van der Waals surface area contributed by atoms with E-state index in [0.29, 0.717) is 19.4 Å². The third-order valence-electron chi connectivity index (χ3n) is 1.76. The van der Waals surface area contributed by atoms with E-state index in [-0.39, 0.29) is 5.91 Å². The highest BCUT2D eigenvalue weighted by atomic mass is 16.3. The lowest BCUT2D eigenvalue weighted by Gasteiger charge is -2.12. The highest BCUT2D eigenvalue weighted by Crippen LogP contribution is 1.89. The Morgan fingerprint density at radius 1 is 1.50 bits per heavy atom. The smallest absolute Gasteiger partial charge is 0.236 e. The van der Waals surface area contributed by atoms with Gasteiger partial charge < -0.3 is 16.2 Å². The summed E-state index contributed by atoms with van der Waals surface area (Å²) >= 11 is 0. The number of carbonyl (C=O) groups excluding carboxylic acids is 1. The first-order valence-electron chi connectivity index (χ1n) is 4.33. The second kappa shape index (κ2) is 5.97. The monoisotopic (exact) mass is 174 g/mol. The van der Waals surface area contributed by atoms with Gasteiger partial charge in [-0.1, -0.05) is 13.8 Å². The molecule has 0 fully saturated rings. The third-order valence-corrected chi connectivity index (χ3v) is 1.76. The number of nitrogens with one attached hydrogen (secondary N) is 1. The molecule has 4 heteroatoms. The Bertz CT molecular complexity index is 139. The predicted molar refractivity (Wildman–Crippen MR) is 47.6 cm³/mol. The average Bonchev–Trinajstić information content (AvgIpc) is 2.11. The summed E-state index contributed by atoms with van der Waals surface area (Å²) in [4.78, 5) is 11.0. The zero-order chi connectivity index (χ0) is 9.56. The van der Waals surface area contributed by atoms with E-state index in [2.05, 4.69) is 5.32 Å². The molecule has 1 amide bonds. The Labute approximate surface area is 73.1 Å². The average molecular weight is 174 g/mol. The molecule has 12 heavy (non-hydrogen) atoms. The first kappa shape index (κ1) is 11.4. The van der Waals surface area contributed by atoms with Crippen molar-refractivity contribution in [3.63, 3.8) is 0 Å². The van der Waals surface area contributed by atoms with Gasteiger partial charge in [0.15, 0.2) is 0 Å². The molecule has 0 rings (SSSR count). The van der Waals surface area contributed by atoms with Gasteiger partial charge in [0.25, 0.3) is 0 Å². The Morgan fingerprint density at radius 3 is 2.50 bits per heavy atom. The summed E-state index contributed by atoms with van der Waals surface area (Å²) in [6.45, 7) is 4.00. The van der Waals surface area contributed by atoms with Crippen LogP contribution in [0.2, 0.25) is 0 Å². The van der Waals surface area contributed by atoms with E-state index in [4.69, 9.17) is 10.8 Å². The van der Waals surface area contributed by atoms with Gasteiger partial charge in [0.2, 0.25) is 5.91 Å². The molecule has 0 spiro atoms. The quantitative estimate of drug-likeness (QED) is 0.531. The van der Waals surface area contributed by atoms with Crippen LogP contribution in [-0.4, -0.2) is 29.7 Å². The normalized spacial score (nSPS) is 15.3. The van der Waals surface area contributed by atoms with E-state index in [0.717, 1.165) is 0 Å². The molecule has 0 radical (unpaired) electrons. The van der Waals surface area contributed by atoms with Gasteiger partial charge in [-0.3, -0.25) is 4.79 Å². The van der Waals surface area contributed by atoms with Crippen LogP contribution in [0.25, 0.3) is 0 Å².